The van der Waals surface area contributed by atoms with Crippen LogP contribution in [0.1, 0.15) is 22.6 Å². The number of aromatic nitrogens is 1. The number of likely N-dealkylation sites (tertiary alicyclic amines) is 1. The SMILES string of the molecule is Cc1ccc(CN2CC[C@]3(C[C@@H](Oc4cccnc4)CO3)C2)s1. The standard InChI is InChI=1S/C18H22N2O2S/c1-14-4-5-17(23-14)11-20-8-6-18(13-20)9-16(12-21-18)22-15-3-2-7-19-10-15/h2-5,7,10,16H,6,8-9,11-13H2,1H3/t16-,18+/m1/s1. The molecule has 5 heteroatoms. The van der Waals surface area contributed by atoms with Crippen molar-refractivity contribution in [2.75, 3.05) is 19.7 Å². The van der Waals surface area contributed by atoms with E-state index in [9.17, 15) is 0 Å². The first-order valence-corrected chi connectivity index (χ1v) is 9.01. The molecule has 4 nitrogen and oxygen atoms in total. The van der Waals surface area contributed by atoms with Crippen LogP contribution in [0.3, 0.4) is 0 Å². The molecule has 0 aliphatic carbocycles. The summed E-state index contributed by atoms with van der Waals surface area (Å²) in [6, 6.07) is 8.31. The Hall–Kier alpha value is -1.43. The predicted octanol–water partition coefficient (Wildman–Crippen LogP) is 3.26. The Kier molecular flexibility index (Phi) is 4.09. The second kappa shape index (κ2) is 6.23. The van der Waals surface area contributed by atoms with E-state index in [1.165, 1.54) is 9.75 Å². The Labute approximate surface area is 141 Å². The molecule has 23 heavy (non-hydrogen) atoms. The first kappa shape index (κ1) is 15.1. The molecule has 1 spiro atoms. The van der Waals surface area contributed by atoms with Gasteiger partial charge in [0.25, 0.3) is 0 Å². The molecule has 0 saturated carbocycles. The minimum atomic E-state index is -0.0147. The summed E-state index contributed by atoms with van der Waals surface area (Å²) in [5.74, 6) is 0.835. The van der Waals surface area contributed by atoms with Crippen molar-refractivity contribution < 1.29 is 9.47 Å². The van der Waals surface area contributed by atoms with Crippen LogP contribution in [0, 0.1) is 6.92 Å². The van der Waals surface area contributed by atoms with Crippen molar-refractivity contribution in [1.29, 1.82) is 0 Å². The molecule has 2 atom stereocenters. The molecule has 0 N–H and O–H groups in total. The van der Waals surface area contributed by atoms with Crippen molar-refractivity contribution in [2.45, 2.75) is 38.0 Å². The lowest BCUT2D eigenvalue weighted by Crippen LogP contribution is -2.33. The summed E-state index contributed by atoms with van der Waals surface area (Å²) < 4.78 is 12.2. The van der Waals surface area contributed by atoms with E-state index in [1.54, 1.807) is 12.4 Å². The summed E-state index contributed by atoms with van der Waals surface area (Å²) in [6.45, 7) is 6.01. The molecule has 2 fully saturated rings. The van der Waals surface area contributed by atoms with Gasteiger partial charge < -0.3 is 9.47 Å². The maximum atomic E-state index is 6.18. The van der Waals surface area contributed by atoms with Gasteiger partial charge in [-0.05, 0) is 37.6 Å². The summed E-state index contributed by atoms with van der Waals surface area (Å²) in [4.78, 5) is 9.45. The first-order chi connectivity index (χ1) is 11.2. The third kappa shape index (κ3) is 3.42. The molecule has 4 rings (SSSR count). The van der Waals surface area contributed by atoms with Crippen molar-refractivity contribution in [3.8, 4) is 5.75 Å². The van der Waals surface area contributed by atoms with E-state index in [1.807, 2.05) is 23.5 Å². The number of ether oxygens (including phenoxy) is 2. The predicted molar refractivity (Wildman–Crippen MR) is 90.9 cm³/mol. The number of thiophene rings is 1. The zero-order chi connectivity index (χ0) is 15.7. The molecule has 0 radical (unpaired) electrons. The maximum absolute atomic E-state index is 6.18. The second-order valence-electron chi connectivity index (χ2n) is 6.60. The van der Waals surface area contributed by atoms with Crippen LogP contribution in [0.2, 0.25) is 0 Å². The lowest BCUT2D eigenvalue weighted by Gasteiger charge is -2.23. The van der Waals surface area contributed by atoms with Gasteiger partial charge in [-0.15, -0.1) is 11.3 Å². The molecular formula is C18H22N2O2S. The van der Waals surface area contributed by atoms with Gasteiger partial charge in [-0.25, -0.2) is 0 Å². The number of nitrogens with zero attached hydrogens (tertiary/aromatic N) is 2. The van der Waals surface area contributed by atoms with Crippen molar-refractivity contribution in [2.24, 2.45) is 0 Å². The lowest BCUT2D eigenvalue weighted by atomic mass is 9.98. The fourth-order valence-corrected chi connectivity index (χ4v) is 4.56. The van der Waals surface area contributed by atoms with Crippen LogP contribution < -0.4 is 4.74 Å². The molecule has 2 aromatic rings. The van der Waals surface area contributed by atoms with Crippen LogP contribution in [0.15, 0.2) is 36.7 Å². The summed E-state index contributed by atoms with van der Waals surface area (Å²) in [5.41, 5.74) is -0.0147. The van der Waals surface area contributed by atoms with Gasteiger partial charge in [0.2, 0.25) is 0 Å². The van der Waals surface area contributed by atoms with Crippen LogP contribution in [0.25, 0.3) is 0 Å². The number of aryl methyl sites for hydroxylation is 1. The number of rotatable bonds is 4. The zero-order valence-corrected chi connectivity index (χ0v) is 14.2. The highest BCUT2D eigenvalue weighted by molar-refractivity contribution is 7.11. The molecule has 0 aromatic carbocycles. The van der Waals surface area contributed by atoms with Crippen LogP contribution in [0.4, 0.5) is 0 Å². The molecule has 2 aliphatic rings. The van der Waals surface area contributed by atoms with Crippen molar-refractivity contribution in [3.05, 3.63) is 46.4 Å². The highest BCUT2D eigenvalue weighted by atomic mass is 32.1. The highest BCUT2D eigenvalue weighted by Crippen LogP contribution is 2.37. The van der Waals surface area contributed by atoms with E-state index in [-0.39, 0.29) is 11.7 Å². The van der Waals surface area contributed by atoms with E-state index in [2.05, 4.69) is 28.9 Å². The van der Waals surface area contributed by atoms with Gasteiger partial charge in [-0.1, -0.05) is 0 Å². The Morgan fingerprint density at radius 1 is 1.43 bits per heavy atom. The first-order valence-electron chi connectivity index (χ1n) is 8.19. The Morgan fingerprint density at radius 3 is 3.17 bits per heavy atom. The Morgan fingerprint density at radius 2 is 2.39 bits per heavy atom. The third-order valence-corrected chi connectivity index (χ3v) is 5.67. The van der Waals surface area contributed by atoms with E-state index in [0.717, 1.165) is 38.2 Å². The fraction of sp³-hybridized carbons (Fsp3) is 0.500. The van der Waals surface area contributed by atoms with Gasteiger partial charge in [0, 0.05) is 42.0 Å². The Balaban J connectivity index is 1.34. The van der Waals surface area contributed by atoms with Gasteiger partial charge in [0.15, 0.2) is 0 Å². The summed E-state index contributed by atoms with van der Waals surface area (Å²) in [7, 11) is 0. The van der Waals surface area contributed by atoms with Crippen LogP contribution in [0.5, 0.6) is 5.75 Å². The van der Waals surface area contributed by atoms with Crippen molar-refractivity contribution in [1.82, 2.24) is 9.88 Å². The molecule has 2 saturated heterocycles. The third-order valence-electron chi connectivity index (χ3n) is 4.68. The van der Waals surface area contributed by atoms with Gasteiger partial charge in [0.05, 0.1) is 18.4 Å². The summed E-state index contributed by atoms with van der Waals surface area (Å²) in [6.07, 6.45) is 5.75. The minimum absolute atomic E-state index is 0.0147. The molecule has 4 heterocycles. The van der Waals surface area contributed by atoms with Crippen LogP contribution >= 0.6 is 11.3 Å². The smallest absolute Gasteiger partial charge is 0.138 e. The summed E-state index contributed by atoms with van der Waals surface area (Å²) >= 11 is 1.89. The quantitative estimate of drug-likeness (QED) is 0.862. The molecule has 2 aromatic heterocycles. The van der Waals surface area contributed by atoms with E-state index < -0.39 is 0 Å². The lowest BCUT2D eigenvalue weighted by molar-refractivity contribution is 0.00940. The molecule has 0 amide bonds. The van der Waals surface area contributed by atoms with Gasteiger partial charge in [-0.3, -0.25) is 9.88 Å². The highest BCUT2D eigenvalue weighted by Gasteiger charge is 2.46. The maximum Gasteiger partial charge on any atom is 0.138 e. The molecule has 0 unspecified atom stereocenters. The molecular weight excluding hydrogens is 308 g/mol. The molecule has 122 valence electrons. The van der Waals surface area contributed by atoms with Crippen LogP contribution in [-0.2, 0) is 11.3 Å². The molecule has 0 bridgehead atoms. The largest absolute Gasteiger partial charge is 0.486 e. The van der Waals surface area contributed by atoms with Crippen molar-refractivity contribution >= 4 is 11.3 Å². The normalized spacial score (nSPS) is 27.8. The number of pyridine rings is 1. The average Bonchev–Trinajstić information content (AvgIpc) is 3.24. The van der Waals surface area contributed by atoms with E-state index in [4.69, 9.17) is 9.47 Å². The van der Waals surface area contributed by atoms with Gasteiger partial charge >= 0.3 is 0 Å². The number of hydrogen-bond acceptors (Lipinski definition) is 5. The van der Waals surface area contributed by atoms with Gasteiger partial charge in [-0.2, -0.15) is 0 Å². The fourth-order valence-electron chi connectivity index (χ4n) is 3.62. The van der Waals surface area contributed by atoms with Crippen molar-refractivity contribution in [3.63, 3.8) is 0 Å². The topological polar surface area (TPSA) is 34.6 Å². The van der Waals surface area contributed by atoms with E-state index >= 15 is 0 Å². The van der Waals surface area contributed by atoms with Gasteiger partial charge in [0.1, 0.15) is 11.9 Å². The second-order valence-corrected chi connectivity index (χ2v) is 7.97. The number of hydrogen-bond donors (Lipinski definition) is 0. The average molecular weight is 330 g/mol. The zero-order valence-electron chi connectivity index (χ0n) is 13.4. The molecule has 2 aliphatic heterocycles. The Bertz CT molecular complexity index is 660. The minimum Gasteiger partial charge on any atom is -0.486 e. The summed E-state index contributed by atoms with van der Waals surface area (Å²) in [5, 5.41) is 0. The monoisotopic (exact) mass is 330 g/mol. The van der Waals surface area contributed by atoms with E-state index in [0.29, 0.717) is 6.61 Å². The van der Waals surface area contributed by atoms with Crippen LogP contribution in [-0.4, -0.2) is 41.3 Å².